The van der Waals surface area contributed by atoms with Gasteiger partial charge in [0.1, 0.15) is 0 Å². The lowest BCUT2D eigenvalue weighted by Crippen LogP contribution is -2.52. The minimum absolute atomic E-state index is 0.000266. The molecule has 2 saturated carbocycles. The van der Waals surface area contributed by atoms with Crippen LogP contribution < -0.4 is 11.1 Å². The van der Waals surface area contributed by atoms with Crippen LogP contribution in [0.4, 0.5) is 0 Å². The van der Waals surface area contributed by atoms with E-state index in [4.69, 9.17) is 5.73 Å². The lowest BCUT2D eigenvalue weighted by atomic mass is 9.79. The van der Waals surface area contributed by atoms with Crippen molar-refractivity contribution in [3.8, 4) is 0 Å². The van der Waals surface area contributed by atoms with Crippen LogP contribution in [-0.2, 0) is 9.59 Å². The highest BCUT2D eigenvalue weighted by Crippen LogP contribution is 2.54. The van der Waals surface area contributed by atoms with Crippen LogP contribution >= 0.6 is 0 Å². The molecule has 3 rings (SSSR count). The molecule has 0 aromatic heterocycles. The Bertz CT molecular complexity index is 661. The Hall–Kier alpha value is -1.88. The molecule has 2 bridgehead atoms. The van der Waals surface area contributed by atoms with Gasteiger partial charge in [-0.3, -0.25) is 9.59 Å². The van der Waals surface area contributed by atoms with E-state index in [2.05, 4.69) is 29.6 Å². The highest BCUT2D eigenvalue weighted by Gasteiger charge is 2.51. The summed E-state index contributed by atoms with van der Waals surface area (Å²) >= 11 is 0. The quantitative estimate of drug-likeness (QED) is 0.773. The van der Waals surface area contributed by atoms with E-state index in [1.165, 1.54) is 24.8 Å². The van der Waals surface area contributed by atoms with Gasteiger partial charge >= 0.3 is 0 Å². The highest BCUT2D eigenvalue weighted by atomic mass is 16.2. The normalized spacial score (nSPS) is 27.6. The van der Waals surface area contributed by atoms with Crippen LogP contribution in [0.25, 0.3) is 0 Å². The van der Waals surface area contributed by atoms with E-state index in [0.717, 1.165) is 0 Å². The van der Waals surface area contributed by atoms with Crippen molar-refractivity contribution in [3.05, 3.63) is 35.9 Å². The van der Waals surface area contributed by atoms with Crippen LogP contribution in [0.15, 0.2) is 30.3 Å². The maximum Gasteiger partial charge on any atom is 0.242 e. The number of nitrogens with one attached hydrogen (secondary N) is 1. The van der Waals surface area contributed by atoms with Crippen molar-refractivity contribution >= 4 is 11.8 Å². The topological polar surface area (TPSA) is 75.4 Å². The van der Waals surface area contributed by atoms with E-state index in [0.29, 0.717) is 24.3 Å². The number of amides is 2. The second-order valence-corrected chi connectivity index (χ2v) is 8.43. The molecule has 5 nitrogen and oxygen atoms in total. The van der Waals surface area contributed by atoms with E-state index in [-0.39, 0.29) is 30.3 Å². The first-order chi connectivity index (χ1) is 12.9. The molecule has 2 fully saturated rings. The predicted molar refractivity (Wildman–Crippen MR) is 107 cm³/mol. The SMILES string of the molecule is CCN(C(=O)CNC(=O)C(N)C(C)C)C1C2CCC(C2)C1c1ccccc1. The van der Waals surface area contributed by atoms with Crippen molar-refractivity contribution in [2.45, 2.75) is 58.0 Å². The van der Waals surface area contributed by atoms with Gasteiger partial charge in [-0.1, -0.05) is 44.2 Å². The summed E-state index contributed by atoms with van der Waals surface area (Å²) in [5.41, 5.74) is 7.23. The molecule has 148 valence electrons. The Morgan fingerprint density at radius 3 is 2.48 bits per heavy atom. The van der Waals surface area contributed by atoms with Crippen molar-refractivity contribution in [3.63, 3.8) is 0 Å². The highest BCUT2D eigenvalue weighted by molar-refractivity contribution is 5.87. The summed E-state index contributed by atoms with van der Waals surface area (Å²) in [7, 11) is 0. The van der Waals surface area contributed by atoms with Crippen molar-refractivity contribution in [2.24, 2.45) is 23.5 Å². The third-order valence-corrected chi connectivity index (χ3v) is 6.51. The van der Waals surface area contributed by atoms with Crippen LogP contribution in [0.5, 0.6) is 0 Å². The standard InChI is InChI=1S/C22H33N3O2/c1-4-25(18(26)13-24-22(27)20(23)14(2)3)21-17-11-10-16(12-17)19(21)15-8-6-5-7-9-15/h5-9,14,16-17,19-21H,4,10-13,23H2,1-3H3,(H,24,27). The van der Waals surface area contributed by atoms with Gasteiger partial charge in [0, 0.05) is 18.5 Å². The number of hydrogen-bond donors (Lipinski definition) is 2. The van der Waals surface area contributed by atoms with Gasteiger partial charge < -0.3 is 16.0 Å². The molecule has 27 heavy (non-hydrogen) atoms. The minimum atomic E-state index is -0.576. The predicted octanol–water partition coefficient (Wildman–Crippen LogP) is 2.52. The molecule has 0 spiro atoms. The first-order valence-electron chi connectivity index (χ1n) is 10.3. The summed E-state index contributed by atoms with van der Waals surface area (Å²) in [4.78, 5) is 27.1. The fourth-order valence-corrected chi connectivity index (χ4v) is 5.09. The monoisotopic (exact) mass is 371 g/mol. The molecular formula is C22H33N3O2. The molecule has 1 aromatic rings. The molecule has 0 radical (unpaired) electrons. The van der Waals surface area contributed by atoms with Gasteiger partial charge in [0.25, 0.3) is 0 Å². The summed E-state index contributed by atoms with van der Waals surface area (Å²) < 4.78 is 0. The van der Waals surface area contributed by atoms with Crippen molar-refractivity contribution < 1.29 is 9.59 Å². The second kappa shape index (κ2) is 8.42. The Morgan fingerprint density at radius 1 is 1.19 bits per heavy atom. The molecule has 2 aliphatic carbocycles. The van der Waals surface area contributed by atoms with Gasteiger partial charge in [0.05, 0.1) is 12.6 Å². The number of nitrogens with two attached hydrogens (primary N) is 1. The molecular weight excluding hydrogens is 338 g/mol. The average molecular weight is 372 g/mol. The number of rotatable bonds is 7. The number of hydrogen-bond acceptors (Lipinski definition) is 3. The summed E-state index contributed by atoms with van der Waals surface area (Å²) in [6, 6.07) is 10.3. The van der Waals surface area contributed by atoms with E-state index in [1.54, 1.807) is 0 Å². The van der Waals surface area contributed by atoms with E-state index in [1.807, 2.05) is 31.7 Å². The number of fused-ring (bicyclic) bond motifs is 2. The smallest absolute Gasteiger partial charge is 0.242 e. The zero-order chi connectivity index (χ0) is 19.6. The molecule has 0 aliphatic heterocycles. The van der Waals surface area contributed by atoms with Crippen LogP contribution in [-0.4, -0.2) is 41.9 Å². The molecule has 5 heteroatoms. The largest absolute Gasteiger partial charge is 0.346 e. The van der Waals surface area contributed by atoms with Crippen LogP contribution in [0, 0.1) is 17.8 Å². The second-order valence-electron chi connectivity index (χ2n) is 8.43. The van der Waals surface area contributed by atoms with Crippen LogP contribution in [0.3, 0.4) is 0 Å². The molecule has 5 unspecified atom stereocenters. The van der Waals surface area contributed by atoms with Crippen LogP contribution in [0.2, 0.25) is 0 Å². The molecule has 1 aromatic carbocycles. The number of carbonyl (C=O) groups excluding carboxylic acids is 2. The first kappa shape index (κ1) is 19.9. The summed E-state index contributed by atoms with van der Waals surface area (Å²) in [6.45, 7) is 6.55. The van der Waals surface area contributed by atoms with Gasteiger partial charge in [-0.2, -0.15) is 0 Å². The van der Waals surface area contributed by atoms with Gasteiger partial charge in [0.15, 0.2) is 0 Å². The lowest BCUT2D eigenvalue weighted by molar-refractivity contribution is -0.136. The Morgan fingerprint density at radius 2 is 1.85 bits per heavy atom. The molecule has 2 aliphatic rings. The van der Waals surface area contributed by atoms with Crippen molar-refractivity contribution in [1.82, 2.24) is 10.2 Å². The van der Waals surface area contributed by atoms with Gasteiger partial charge in [-0.15, -0.1) is 0 Å². The van der Waals surface area contributed by atoms with Gasteiger partial charge in [0.2, 0.25) is 11.8 Å². The van der Waals surface area contributed by atoms with Crippen molar-refractivity contribution in [1.29, 1.82) is 0 Å². The molecule has 0 heterocycles. The maximum absolute atomic E-state index is 13.0. The summed E-state index contributed by atoms with van der Waals surface area (Å²) in [5, 5.41) is 2.75. The third-order valence-electron chi connectivity index (χ3n) is 6.51. The lowest BCUT2D eigenvalue weighted by Gasteiger charge is -2.40. The number of carbonyl (C=O) groups is 2. The molecule has 3 N–H and O–H groups in total. The Kier molecular flexibility index (Phi) is 6.20. The third kappa shape index (κ3) is 4.03. The van der Waals surface area contributed by atoms with E-state index >= 15 is 0 Å². The Labute approximate surface area is 162 Å². The fraction of sp³-hybridized carbons (Fsp3) is 0.636. The number of benzene rings is 1. The average Bonchev–Trinajstić information content (AvgIpc) is 3.28. The van der Waals surface area contributed by atoms with Gasteiger partial charge in [-0.25, -0.2) is 0 Å². The number of likely N-dealkylation sites (N-methyl/N-ethyl adjacent to an activating group) is 1. The minimum Gasteiger partial charge on any atom is -0.346 e. The molecule has 2 amide bonds. The Balaban J connectivity index is 1.72. The molecule has 0 saturated heterocycles. The van der Waals surface area contributed by atoms with Crippen LogP contribution in [0.1, 0.15) is 51.5 Å². The maximum atomic E-state index is 13.0. The van der Waals surface area contributed by atoms with Crippen molar-refractivity contribution in [2.75, 3.05) is 13.1 Å². The zero-order valence-corrected chi connectivity index (χ0v) is 16.7. The summed E-state index contributed by atoms with van der Waals surface area (Å²) in [5.74, 6) is 1.44. The van der Waals surface area contributed by atoms with E-state index in [9.17, 15) is 9.59 Å². The summed E-state index contributed by atoms with van der Waals surface area (Å²) in [6.07, 6.45) is 3.66. The molecule has 5 atom stereocenters. The van der Waals surface area contributed by atoms with E-state index < -0.39 is 6.04 Å². The number of nitrogens with zero attached hydrogens (tertiary/aromatic N) is 1. The first-order valence-corrected chi connectivity index (χ1v) is 10.3. The fourth-order valence-electron chi connectivity index (χ4n) is 5.09. The van der Waals surface area contributed by atoms with Gasteiger partial charge in [-0.05, 0) is 49.5 Å². The zero-order valence-electron chi connectivity index (χ0n) is 16.7.